The predicted octanol–water partition coefficient (Wildman–Crippen LogP) is 2.19. The fraction of sp³-hybridized carbons (Fsp3) is 0.357. The number of thiol groups is 1. The van der Waals surface area contributed by atoms with Crippen LogP contribution in [0.2, 0.25) is 0 Å². The van der Waals surface area contributed by atoms with Crippen molar-refractivity contribution < 1.29 is 0 Å². The molecule has 3 aromatic rings. The van der Waals surface area contributed by atoms with Crippen LogP contribution in [0.4, 0.5) is 5.82 Å². The number of aromatic nitrogens is 4. The summed E-state index contributed by atoms with van der Waals surface area (Å²) in [5.74, 6) is 0.891. The van der Waals surface area contributed by atoms with Crippen LogP contribution in [0.1, 0.15) is 24.5 Å². The number of thiazole rings is 1. The maximum atomic E-state index is 6.24. The van der Waals surface area contributed by atoms with Crippen molar-refractivity contribution in [2.45, 2.75) is 23.7 Å². The van der Waals surface area contributed by atoms with Crippen LogP contribution in [0.3, 0.4) is 0 Å². The fourth-order valence-corrected chi connectivity index (χ4v) is 3.87. The Hall–Kier alpha value is -1.64. The van der Waals surface area contributed by atoms with Gasteiger partial charge in [-0.15, -0.1) is 24.0 Å². The monoisotopic (exact) mass is 332 g/mol. The van der Waals surface area contributed by atoms with Gasteiger partial charge in [-0.2, -0.15) is 9.61 Å². The van der Waals surface area contributed by atoms with E-state index in [-0.39, 0.29) is 0 Å². The van der Waals surface area contributed by atoms with E-state index in [1.165, 1.54) is 0 Å². The summed E-state index contributed by atoms with van der Waals surface area (Å²) in [5.41, 5.74) is 10.8. The number of nitrogens with two attached hydrogens (primary N) is 1. The average molecular weight is 332 g/mol. The molecule has 4 heterocycles. The van der Waals surface area contributed by atoms with Crippen molar-refractivity contribution in [2.75, 3.05) is 18.8 Å². The molecular weight excluding hydrogens is 316 g/mol. The molecule has 0 bridgehead atoms. The van der Waals surface area contributed by atoms with E-state index >= 15 is 0 Å². The van der Waals surface area contributed by atoms with Crippen LogP contribution in [-0.4, -0.2) is 32.7 Å². The van der Waals surface area contributed by atoms with Crippen LogP contribution in [0.5, 0.6) is 0 Å². The van der Waals surface area contributed by atoms with Gasteiger partial charge in [-0.1, -0.05) is 0 Å². The fourth-order valence-electron chi connectivity index (χ4n) is 2.92. The molecule has 4 rings (SSSR count). The van der Waals surface area contributed by atoms with Crippen molar-refractivity contribution in [3.05, 3.63) is 23.6 Å². The summed E-state index contributed by atoms with van der Waals surface area (Å²) in [6, 6.07) is 0. The summed E-state index contributed by atoms with van der Waals surface area (Å²) in [6.07, 6.45) is 5.87. The number of piperidine rings is 1. The number of hydrogen-bond donors (Lipinski definition) is 3. The SMILES string of the molecule is Nc1c(S)c(C2CCCNC2)nc2c(-c3cncs3)cnn12. The minimum Gasteiger partial charge on any atom is -0.383 e. The number of nitrogen functional groups attached to an aromatic ring is 1. The highest BCUT2D eigenvalue weighted by Crippen LogP contribution is 2.34. The lowest BCUT2D eigenvalue weighted by atomic mass is 9.95. The van der Waals surface area contributed by atoms with Gasteiger partial charge >= 0.3 is 0 Å². The summed E-state index contributed by atoms with van der Waals surface area (Å²) >= 11 is 6.17. The molecule has 0 radical (unpaired) electrons. The number of fused-ring (bicyclic) bond motifs is 1. The van der Waals surface area contributed by atoms with Crippen LogP contribution < -0.4 is 11.1 Å². The zero-order chi connectivity index (χ0) is 15.1. The first kappa shape index (κ1) is 14.0. The third-order valence-corrected chi connectivity index (χ3v) is 5.33. The molecule has 0 amide bonds. The Morgan fingerprint density at radius 1 is 1.41 bits per heavy atom. The van der Waals surface area contributed by atoms with Crippen LogP contribution in [0.15, 0.2) is 22.8 Å². The van der Waals surface area contributed by atoms with Crippen molar-refractivity contribution in [1.29, 1.82) is 0 Å². The van der Waals surface area contributed by atoms with Crippen LogP contribution >= 0.6 is 24.0 Å². The smallest absolute Gasteiger partial charge is 0.166 e. The van der Waals surface area contributed by atoms with E-state index in [1.54, 1.807) is 27.6 Å². The van der Waals surface area contributed by atoms with Gasteiger partial charge < -0.3 is 11.1 Å². The van der Waals surface area contributed by atoms with Gasteiger partial charge in [0.1, 0.15) is 5.82 Å². The molecule has 6 nitrogen and oxygen atoms in total. The van der Waals surface area contributed by atoms with Gasteiger partial charge in [0, 0.05) is 18.7 Å². The molecule has 1 atom stereocenters. The third-order valence-electron chi connectivity index (χ3n) is 4.06. The summed E-state index contributed by atoms with van der Waals surface area (Å²) in [6.45, 7) is 1.98. The number of hydrogen-bond acceptors (Lipinski definition) is 7. The second kappa shape index (κ2) is 5.53. The van der Waals surface area contributed by atoms with E-state index in [0.29, 0.717) is 11.7 Å². The lowest BCUT2D eigenvalue weighted by molar-refractivity contribution is 0.450. The van der Waals surface area contributed by atoms with Crippen LogP contribution in [-0.2, 0) is 0 Å². The Balaban J connectivity index is 1.90. The number of nitrogens with zero attached hydrogens (tertiary/aromatic N) is 4. The third kappa shape index (κ3) is 2.18. The molecule has 3 N–H and O–H groups in total. The number of anilines is 1. The minimum atomic E-state index is 0.345. The van der Waals surface area contributed by atoms with Gasteiger partial charge in [-0.3, -0.25) is 4.98 Å². The van der Waals surface area contributed by atoms with E-state index in [2.05, 4.69) is 28.0 Å². The van der Waals surface area contributed by atoms with E-state index in [0.717, 1.165) is 52.6 Å². The Morgan fingerprint density at radius 3 is 3.05 bits per heavy atom. The standard InChI is InChI=1S/C14H16N6S2/c15-13-12(21)11(8-2-1-3-16-4-8)19-14-9(5-18-20(13)14)10-6-17-7-22-10/h5-8,16,21H,1-4,15H2. The molecule has 114 valence electrons. The van der Waals surface area contributed by atoms with Gasteiger partial charge in [-0.25, -0.2) is 4.98 Å². The van der Waals surface area contributed by atoms with Crippen molar-refractivity contribution in [3.8, 4) is 10.4 Å². The summed E-state index contributed by atoms with van der Waals surface area (Å²) < 4.78 is 1.66. The van der Waals surface area contributed by atoms with E-state index < -0.39 is 0 Å². The van der Waals surface area contributed by atoms with Gasteiger partial charge in [0.15, 0.2) is 5.65 Å². The van der Waals surface area contributed by atoms with E-state index in [4.69, 9.17) is 10.7 Å². The molecule has 0 aliphatic carbocycles. The molecule has 1 aliphatic heterocycles. The van der Waals surface area contributed by atoms with Crippen molar-refractivity contribution in [2.24, 2.45) is 0 Å². The molecule has 0 saturated carbocycles. The molecule has 0 aromatic carbocycles. The molecule has 1 saturated heterocycles. The Labute approximate surface area is 137 Å². The zero-order valence-electron chi connectivity index (χ0n) is 11.9. The summed E-state index contributed by atoms with van der Waals surface area (Å²) in [5, 5.41) is 7.78. The van der Waals surface area contributed by atoms with Crippen molar-refractivity contribution >= 4 is 35.4 Å². The predicted molar refractivity (Wildman–Crippen MR) is 90.6 cm³/mol. The lowest BCUT2D eigenvalue weighted by Gasteiger charge is -2.24. The first-order valence-corrected chi connectivity index (χ1v) is 8.54. The highest BCUT2D eigenvalue weighted by atomic mass is 32.1. The quantitative estimate of drug-likeness (QED) is 0.627. The highest BCUT2D eigenvalue weighted by molar-refractivity contribution is 7.80. The normalized spacial score (nSPS) is 18.9. The van der Waals surface area contributed by atoms with Crippen LogP contribution in [0.25, 0.3) is 16.1 Å². The van der Waals surface area contributed by atoms with Gasteiger partial charge in [0.25, 0.3) is 0 Å². The number of rotatable bonds is 2. The largest absolute Gasteiger partial charge is 0.383 e. The zero-order valence-corrected chi connectivity index (χ0v) is 13.6. The van der Waals surface area contributed by atoms with Gasteiger partial charge in [0.2, 0.25) is 0 Å². The molecule has 3 aromatic heterocycles. The molecule has 0 spiro atoms. The lowest BCUT2D eigenvalue weighted by Crippen LogP contribution is -2.29. The Morgan fingerprint density at radius 2 is 2.32 bits per heavy atom. The summed E-state index contributed by atoms with van der Waals surface area (Å²) in [4.78, 5) is 10.8. The Bertz CT molecular complexity index is 804. The molecule has 22 heavy (non-hydrogen) atoms. The highest BCUT2D eigenvalue weighted by Gasteiger charge is 2.23. The van der Waals surface area contributed by atoms with Crippen LogP contribution in [0, 0.1) is 0 Å². The molecule has 1 unspecified atom stereocenters. The first-order chi connectivity index (χ1) is 10.8. The van der Waals surface area contributed by atoms with Gasteiger partial charge in [0.05, 0.1) is 32.7 Å². The Kier molecular flexibility index (Phi) is 3.51. The van der Waals surface area contributed by atoms with E-state index in [9.17, 15) is 0 Å². The maximum absolute atomic E-state index is 6.24. The molecule has 1 aliphatic rings. The number of nitrogens with one attached hydrogen (secondary N) is 1. The first-order valence-electron chi connectivity index (χ1n) is 7.21. The van der Waals surface area contributed by atoms with Gasteiger partial charge in [-0.05, 0) is 19.4 Å². The second-order valence-corrected chi connectivity index (χ2v) is 6.77. The maximum Gasteiger partial charge on any atom is 0.166 e. The minimum absolute atomic E-state index is 0.345. The molecule has 8 heteroatoms. The van der Waals surface area contributed by atoms with Crippen molar-refractivity contribution in [3.63, 3.8) is 0 Å². The van der Waals surface area contributed by atoms with Crippen molar-refractivity contribution in [1.82, 2.24) is 24.9 Å². The average Bonchev–Trinajstić information content (AvgIpc) is 3.20. The van der Waals surface area contributed by atoms with E-state index in [1.807, 2.05) is 6.20 Å². The molecular formula is C14H16N6S2. The second-order valence-electron chi connectivity index (χ2n) is 5.43. The summed E-state index contributed by atoms with van der Waals surface area (Å²) in [7, 11) is 0. The molecule has 1 fully saturated rings. The topological polar surface area (TPSA) is 81.1 Å².